The summed E-state index contributed by atoms with van der Waals surface area (Å²) < 4.78 is 120. The monoisotopic (exact) mass is 777 g/mol. The quantitative estimate of drug-likeness (QED) is 0.214. The van der Waals surface area contributed by atoms with E-state index in [1.165, 1.54) is 10.9 Å². The lowest BCUT2D eigenvalue weighted by atomic mass is 9.51. The van der Waals surface area contributed by atoms with Gasteiger partial charge in [-0.25, -0.2) is 24.2 Å². The van der Waals surface area contributed by atoms with Crippen molar-refractivity contribution >= 4 is 0 Å². The molecule has 1 aromatic heterocycles. The maximum atomic E-state index is 14.9. The van der Waals surface area contributed by atoms with E-state index in [0.717, 1.165) is 0 Å². The average molecular weight is 778 g/mol. The number of nitrogens with zero attached hydrogens (tertiary/aromatic N) is 3. The number of ether oxygens (including phenoxy) is 5. The number of aromatic nitrogens is 3. The summed E-state index contributed by atoms with van der Waals surface area (Å²) >= 11 is 0. The number of alkyl halides is 6. The van der Waals surface area contributed by atoms with Gasteiger partial charge in [-0.1, -0.05) is 26.0 Å². The first-order chi connectivity index (χ1) is 25.3. The molecule has 18 heteroatoms. The van der Waals surface area contributed by atoms with Crippen LogP contribution in [0.3, 0.4) is 0 Å². The first kappa shape index (κ1) is 37.1. The summed E-state index contributed by atoms with van der Waals surface area (Å²) in [6.07, 6.45) is -7.20. The number of halogens is 6. The zero-order valence-electron chi connectivity index (χ0n) is 30.7. The number of fused-ring (bicyclic) bond motifs is 4. The molecule has 11 rings (SSSR count). The van der Waals surface area contributed by atoms with Gasteiger partial charge in [0.05, 0.1) is 31.6 Å². The standard InChI is InChI=1S/C36H45F6N3O9/c1-18-6-8-24-22(27(36(40,41)42)47-28-33(24)23(18)10-11-31(4,49-28)51-53-33)17-46-16-20-14-43-44-45(20)15-21-25-9-7-19(2)30(3)12-13-32(5)50-29(34(25,30)54-52-32)48-26(21)35(37,38)39/h14,18-19,23-25,28-29H,6-13,15-17H2,1-5H3/t18-,19-,23+,24+,25+,28-,29-,30+,31+,32+,33-,34-/m1/s1. The normalized spacial score (nSPS) is 45.6. The lowest BCUT2D eigenvalue weighted by molar-refractivity contribution is -0.564. The lowest BCUT2D eigenvalue weighted by Crippen LogP contribution is -2.71. The van der Waals surface area contributed by atoms with Crippen LogP contribution in [0.15, 0.2) is 28.9 Å². The zero-order valence-corrected chi connectivity index (χ0v) is 30.7. The minimum absolute atomic E-state index is 0.0493. The predicted octanol–water partition coefficient (Wildman–Crippen LogP) is 7.31. The zero-order chi connectivity index (χ0) is 38.3. The van der Waals surface area contributed by atoms with Crippen molar-refractivity contribution in [2.75, 3.05) is 6.61 Å². The first-order valence-corrected chi connectivity index (χ1v) is 18.8. The minimum atomic E-state index is -4.89. The topological polar surface area (TPSA) is 114 Å². The van der Waals surface area contributed by atoms with Crippen molar-refractivity contribution in [3.05, 3.63) is 34.6 Å². The smallest absolute Gasteiger partial charge is 0.449 e. The van der Waals surface area contributed by atoms with Crippen molar-refractivity contribution in [3.63, 3.8) is 0 Å². The largest absolute Gasteiger partial charge is 0.456 e. The van der Waals surface area contributed by atoms with Crippen molar-refractivity contribution in [3.8, 4) is 0 Å². The van der Waals surface area contributed by atoms with Crippen LogP contribution in [0, 0.1) is 35.0 Å². The van der Waals surface area contributed by atoms with Crippen molar-refractivity contribution in [1.82, 2.24) is 15.0 Å². The molecule has 6 saturated heterocycles. The molecule has 12 nitrogen and oxygen atoms in total. The predicted molar refractivity (Wildman–Crippen MR) is 168 cm³/mol. The molecule has 10 aliphatic rings. The second kappa shape index (κ2) is 12.0. The molecule has 2 aliphatic carbocycles. The van der Waals surface area contributed by atoms with Gasteiger partial charge in [0.15, 0.2) is 11.2 Å². The Kier molecular flexibility index (Phi) is 8.26. The molecule has 4 bridgehead atoms. The third-order valence-electron chi connectivity index (χ3n) is 14.2. The Morgan fingerprint density at radius 2 is 1.43 bits per heavy atom. The Morgan fingerprint density at radius 3 is 2.19 bits per heavy atom. The van der Waals surface area contributed by atoms with Gasteiger partial charge >= 0.3 is 12.4 Å². The fourth-order valence-corrected chi connectivity index (χ4v) is 11.0. The van der Waals surface area contributed by atoms with E-state index in [9.17, 15) is 26.3 Å². The SMILES string of the molecule is C[C@@H]1CC[C@H]2C(COCc3cnnn3CC3=C(C(F)(F)F)O[C@@H]4O[C@]5(C)CC[C@@]6(C)[C@H](C)CC[C@@H]3[C@@]46OO5)=C(C(F)(F)F)O[C@@H]3O[C@]4(C)CC[C@@H]1[C@]32OO4. The number of hydrogen-bond donors (Lipinski definition) is 0. The van der Waals surface area contributed by atoms with E-state index in [1.807, 2.05) is 13.8 Å². The summed E-state index contributed by atoms with van der Waals surface area (Å²) in [5, 5.41) is 8.04. The highest BCUT2D eigenvalue weighted by Gasteiger charge is 2.75. The molecule has 2 spiro atoms. The molecule has 2 saturated carbocycles. The van der Waals surface area contributed by atoms with E-state index in [2.05, 4.69) is 17.2 Å². The molecule has 8 fully saturated rings. The van der Waals surface area contributed by atoms with Gasteiger partial charge in [0.2, 0.25) is 35.7 Å². The molecule has 0 amide bonds. The van der Waals surface area contributed by atoms with Gasteiger partial charge < -0.3 is 23.7 Å². The van der Waals surface area contributed by atoms with Gasteiger partial charge in [-0.15, -0.1) is 5.10 Å². The van der Waals surface area contributed by atoms with Crippen LogP contribution in [0.2, 0.25) is 0 Å². The van der Waals surface area contributed by atoms with E-state index in [1.54, 1.807) is 13.8 Å². The number of allylic oxidation sites excluding steroid dienone is 2. The molecule has 8 aliphatic heterocycles. The Hall–Kier alpha value is -2.48. The first-order valence-electron chi connectivity index (χ1n) is 18.8. The van der Waals surface area contributed by atoms with Crippen molar-refractivity contribution in [2.45, 2.75) is 147 Å². The highest BCUT2D eigenvalue weighted by atomic mass is 19.4. The Bertz CT molecular complexity index is 1750. The van der Waals surface area contributed by atoms with Gasteiger partial charge in [0.1, 0.15) is 0 Å². The number of rotatable bonds is 6. The molecular weight excluding hydrogens is 732 g/mol. The van der Waals surface area contributed by atoms with Gasteiger partial charge in [0.25, 0.3) is 0 Å². The summed E-state index contributed by atoms with van der Waals surface area (Å²) in [5.74, 6) is -6.60. The Morgan fingerprint density at radius 1 is 0.759 bits per heavy atom. The van der Waals surface area contributed by atoms with E-state index >= 15 is 0 Å². The van der Waals surface area contributed by atoms with Crippen LogP contribution in [0.1, 0.15) is 91.7 Å². The Labute approximate surface area is 307 Å². The summed E-state index contributed by atoms with van der Waals surface area (Å²) in [7, 11) is 0. The molecule has 0 N–H and O–H groups in total. The van der Waals surface area contributed by atoms with Crippen LogP contribution in [-0.4, -0.2) is 69.3 Å². The molecule has 300 valence electrons. The lowest BCUT2D eigenvalue weighted by Gasteiger charge is -2.61. The van der Waals surface area contributed by atoms with E-state index in [-0.39, 0.29) is 41.2 Å². The summed E-state index contributed by atoms with van der Waals surface area (Å²) in [5.41, 5.74) is -3.37. The van der Waals surface area contributed by atoms with Crippen LogP contribution in [0.5, 0.6) is 0 Å². The van der Waals surface area contributed by atoms with E-state index < -0.39 is 89.6 Å². The van der Waals surface area contributed by atoms with Crippen LogP contribution in [0.25, 0.3) is 0 Å². The highest BCUT2D eigenvalue weighted by Crippen LogP contribution is 2.67. The highest BCUT2D eigenvalue weighted by molar-refractivity contribution is 5.31. The summed E-state index contributed by atoms with van der Waals surface area (Å²) in [6.45, 7) is 8.13. The molecule has 1 aromatic rings. The van der Waals surface area contributed by atoms with Gasteiger partial charge in [-0.2, -0.15) is 26.3 Å². The van der Waals surface area contributed by atoms with Crippen LogP contribution in [0.4, 0.5) is 26.3 Å². The molecule has 0 unspecified atom stereocenters. The third kappa shape index (κ3) is 5.21. The number of hydrogen-bond acceptors (Lipinski definition) is 11. The summed E-state index contributed by atoms with van der Waals surface area (Å²) in [4.78, 5) is 23.8. The van der Waals surface area contributed by atoms with Crippen LogP contribution >= 0.6 is 0 Å². The third-order valence-corrected chi connectivity index (χ3v) is 14.2. The second-order valence-electron chi connectivity index (χ2n) is 17.2. The molecule has 0 radical (unpaired) electrons. The second-order valence-corrected chi connectivity index (χ2v) is 17.2. The maximum absolute atomic E-state index is 14.9. The Balaban J connectivity index is 1.02. The van der Waals surface area contributed by atoms with Gasteiger partial charge in [-0.3, -0.25) is 0 Å². The molecule has 0 aromatic carbocycles. The summed E-state index contributed by atoms with van der Waals surface area (Å²) in [6, 6.07) is 0. The van der Waals surface area contributed by atoms with Crippen molar-refractivity contribution in [1.29, 1.82) is 0 Å². The molecule has 54 heavy (non-hydrogen) atoms. The van der Waals surface area contributed by atoms with Crippen molar-refractivity contribution < 1.29 is 69.6 Å². The van der Waals surface area contributed by atoms with Crippen LogP contribution in [-0.2, 0) is 56.4 Å². The van der Waals surface area contributed by atoms with Gasteiger partial charge in [-0.05, 0) is 64.2 Å². The molecule has 9 heterocycles. The average Bonchev–Trinajstić information content (AvgIpc) is 3.29. The van der Waals surface area contributed by atoms with E-state index in [4.69, 9.17) is 43.2 Å². The van der Waals surface area contributed by atoms with E-state index in [0.29, 0.717) is 51.4 Å². The fourth-order valence-electron chi connectivity index (χ4n) is 11.0. The maximum Gasteiger partial charge on any atom is 0.449 e. The molecular formula is C36H45F6N3O9. The fraction of sp³-hybridized carbons (Fsp3) is 0.833. The molecule has 12 atom stereocenters. The van der Waals surface area contributed by atoms with Gasteiger partial charge in [0, 0.05) is 47.2 Å². The van der Waals surface area contributed by atoms with Crippen LogP contribution < -0.4 is 0 Å². The minimum Gasteiger partial charge on any atom is -0.456 e. The van der Waals surface area contributed by atoms with Crippen molar-refractivity contribution in [2.24, 2.45) is 35.0 Å².